The van der Waals surface area contributed by atoms with Crippen LogP contribution in [-0.4, -0.2) is 22.1 Å². The molecule has 2 aromatic rings. The zero-order chi connectivity index (χ0) is 13.4. The second-order valence-electron chi connectivity index (χ2n) is 5.23. The molecule has 19 heavy (non-hydrogen) atoms. The van der Waals surface area contributed by atoms with Crippen molar-refractivity contribution >= 4 is 23.1 Å². The van der Waals surface area contributed by atoms with Crippen molar-refractivity contribution < 1.29 is 14.3 Å². The standard InChI is InChI=1S/C14H16N2O3/c1-8(6-9-2-3-9)15-14-16-11-5-4-10(13(17)18)7-12(11)19-14/h4-5,7-9H,2-3,6H2,1H3,(H,15,16)(H,17,18). The summed E-state index contributed by atoms with van der Waals surface area (Å²) in [5, 5.41) is 12.2. The topological polar surface area (TPSA) is 75.4 Å². The number of oxazole rings is 1. The maximum Gasteiger partial charge on any atom is 0.335 e. The van der Waals surface area contributed by atoms with Crippen molar-refractivity contribution in [1.29, 1.82) is 0 Å². The quantitative estimate of drug-likeness (QED) is 0.863. The molecule has 0 bridgehead atoms. The number of nitrogens with one attached hydrogen (secondary N) is 1. The normalized spacial score (nSPS) is 16.5. The van der Waals surface area contributed by atoms with Crippen molar-refractivity contribution in [2.75, 3.05) is 5.32 Å². The highest BCUT2D eigenvalue weighted by molar-refractivity contribution is 5.92. The molecule has 0 saturated heterocycles. The molecule has 0 spiro atoms. The Kier molecular flexibility index (Phi) is 2.89. The van der Waals surface area contributed by atoms with Crippen LogP contribution in [0.15, 0.2) is 22.6 Å². The number of aromatic nitrogens is 1. The molecule has 1 aliphatic carbocycles. The number of anilines is 1. The Hall–Kier alpha value is -2.04. The van der Waals surface area contributed by atoms with E-state index in [1.54, 1.807) is 6.07 Å². The number of benzene rings is 1. The Labute approximate surface area is 110 Å². The molecule has 0 aliphatic heterocycles. The molecule has 1 aromatic heterocycles. The SMILES string of the molecule is CC(CC1CC1)Nc1nc2ccc(C(=O)O)cc2o1. The van der Waals surface area contributed by atoms with Gasteiger partial charge < -0.3 is 14.8 Å². The fraction of sp³-hybridized carbons (Fsp3) is 0.429. The number of rotatable bonds is 5. The van der Waals surface area contributed by atoms with Crippen LogP contribution in [-0.2, 0) is 0 Å². The number of fused-ring (bicyclic) bond motifs is 1. The second-order valence-corrected chi connectivity index (χ2v) is 5.23. The lowest BCUT2D eigenvalue weighted by molar-refractivity contribution is 0.0697. The molecule has 0 amide bonds. The molecular formula is C14H16N2O3. The van der Waals surface area contributed by atoms with E-state index < -0.39 is 5.97 Å². The van der Waals surface area contributed by atoms with Crippen molar-refractivity contribution in [3.05, 3.63) is 23.8 Å². The van der Waals surface area contributed by atoms with Gasteiger partial charge in [0.05, 0.1) is 5.56 Å². The lowest BCUT2D eigenvalue weighted by Crippen LogP contribution is -2.15. The van der Waals surface area contributed by atoms with Gasteiger partial charge in [0.1, 0.15) is 5.52 Å². The maximum atomic E-state index is 10.9. The molecule has 5 heteroatoms. The number of hydrogen-bond acceptors (Lipinski definition) is 4. The third-order valence-corrected chi connectivity index (χ3v) is 3.39. The predicted molar refractivity (Wildman–Crippen MR) is 71.4 cm³/mol. The van der Waals surface area contributed by atoms with Crippen LogP contribution in [0.25, 0.3) is 11.1 Å². The Morgan fingerprint density at radius 3 is 3.05 bits per heavy atom. The first-order valence-electron chi connectivity index (χ1n) is 6.52. The van der Waals surface area contributed by atoms with Gasteiger partial charge in [-0.2, -0.15) is 4.98 Å². The Morgan fingerprint density at radius 2 is 2.37 bits per heavy atom. The van der Waals surface area contributed by atoms with Crippen molar-refractivity contribution in [2.45, 2.75) is 32.2 Å². The summed E-state index contributed by atoms with van der Waals surface area (Å²) in [6, 6.07) is 5.48. The fourth-order valence-corrected chi connectivity index (χ4v) is 2.24. The van der Waals surface area contributed by atoms with E-state index in [1.807, 2.05) is 0 Å². The lowest BCUT2D eigenvalue weighted by Gasteiger charge is -2.10. The number of aromatic carboxylic acids is 1. The van der Waals surface area contributed by atoms with Crippen molar-refractivity contribution in [3.63, 3.8) is 0 Å². The van der Waals surface area contributed by atoms with E-state index in [0.29, 0.717) is 23.2 Å². The van der Waals surface area contributed by atoms with Crippen LogP contribution in [0.1, 0.15) is 36.5 Å². The number of carbonyl (C=O) groups is 1. The molecular weight excluding hydrogens is 244 g/mol. The van der Waals surface area contributed by atoms with Gasteiger partial charge >= 0.3 is 5.97 Å². The van der Waals surface area contributed by atoms with Crippen LogP contribution >= 0.6 is 0 Å². The van der Waals surface area contributed by atoms with E-state index in [-0.39, 0.29) is 5.56 Å². The van der Waals surface area contributed by atoms with Crippen LogP contribution in [0.5, 0.6) is 0 Å². The molecule has 2 N–H and O–H groups in total. The minimum absolute atomic E-state index is 0.209. The highest BCUT2D eigenvalue weighted by Crippen LogP contribution is 2.34. The van der Waals surface area contributed by atoms with Crippen LogP contribution in [0.3, 0.4) is 0 Å². The summed E-state index contributed by atoms with van der Waals surface area (Å²) in [7, 11) is 0. The summed E-state index contributed by atoms with van der Waals surface area (Å²) in [5.41, 5.74) is 1.38. The molecule has 100 valence electrons. The van der Waals surface area contributed by atoms with Crippen molar-refractivity contribution in [2.24, 2.45) is 5.92 Å². The zero-order valence-corrected chi connectivity index (χ0v) is 10.7. The third kappa shape index (κ3) is 2.70. The monoisotopic (exact) mass is 260 g/mol. The highest BCUT2D eigenvalue weighted by Gasteiger charge is 2.24. The molecule has 1 fully saturated rings. The summed E-state index contributed by atoms with van der Waals surface area (Å²) in [5.74, 6) is -0.125. The van der Waals surface area contributed by atoms with Gasteiger partial charge in [-0.3, -0.25) is 0 Å². The average molecular weight is 260 g/mol. The van der Waals surface area contributed by atoms with Gasteiger partial charge in [0.25, 0.3) is 6.01 Å². The van der Waals surface area contributed by atoms with E-state index in [0.717, 1.165) is 12.3 Å². The molecule has 1 saturated carbocycles. The van der Waals surface area contributed by atoms with E-state index in [9.17, 15) is 4.79 Å². The summed E-state index contributed by atoms with van der Waals surface area (Å²) >= 11 is 0. The smallest absolute Gasteiger partial charge is 0.335 e. The van der Waals surface area contributed by atoms with E-state index in [1.165, 1.54) is 25.0 Å². The Bertz CT molecular complexity index is 616. The van der Waals surface area contributed by atoms with Crippen LogP contribution < -0.4 is 5.32 Å². The van der Waals surface area contributed by atoms with Gasteiger partial charge in [-0.05, 0) is 37.5 Å². The summed E-state index contributed by atoms with van der Waals surface area (Å²) in [6.45, 7) is 2.11. The molecule has 1 atom stereocenters. The van der Waals surface area contributed by atoms with Gasteiger partial charge in [0.15, 0.2) is 5.58 Å². The van der Waals surface area contributed by atoms with Crippen molar-refractivity contribution in [1.82, 2.24) is 4.98 Å². The first kappa shape index (κ1) is 12.0. The lowest BCUT2D eigenvalue weighted by atomic mass is 10.2. The fourth-order valence-electron chi connectivity index (χ4n) is 2.24. The number of nitrogens with zero attached hydrogens (tertiary/aromatic N) is 1. The first-order valence-corrected chi connectivity index (χ1v) is 6.52. The van der Waals surface area contributed by atoms with Crippen LogP contribution in [0, 0.1) is 5.92 Å². The summed E-state index contributed by atoms with van der Waals surface area (Å²) in [6.07, 6.45) is 3.77. The third-order valence-electron chi connectivity index (χ3n) is 3.39. The largest absolute Gasteiger partial charge is 0.478 e. The van der Waals surface area contributed by atoms with Gasteiger partial charge in [-0.25, -0.2) is 4.79 Å². The maximum absolute atomic E-state index is 10.9. The van der Waals surface area contributed by atoms with Crippen molar-refractivity contribution in [3.8, 4) is 0 Å². The first-order chi connectivity index (χ1) is 9.11. The molecule has 1 heterocycles. The van der Waals surface area contributed by atoms with E-state index in [4.69, 9.17) is 9.52 Å². The Morgan fingerprint density at radius 1 is 1.58 bits per heavy atom. The zero-order valence-electron chi connectivity index (χ0n) is 10.7. The molecule has 5 nitrogen and oxygen atoms in total. The predicted octanol–water partition coefficient (Wildman–Crippen LogP) is 3.13. The second kappa shape index (κ2) is 4.57. The van der Waals surface area contributed by atoms with Crippen LogP contribution in [0.4, 0.5) is 6.01 Å². The van der Waals surface area contributed by atoms with Gasteiger partial charge in [-0.1, -0.05) is 12.8 Å². The number of carboxylic acids is 1. The van der Waals surface area contributed by atoms with Gasteiger partial charge in [0, 0.05) is 6.04 Å². The molecule has 1 aliphatic rings. The van der Waals surface area contributed by atoms with Gasteiger partial charge in [-0.15, -0.1) is 0 Å². The molecule has 1 aromatic carbocycles. The number of hydrogen-bond donors (Lipinski definition) is 2. The van der Waals surface area contributed by atoms with Crippen LogP contribution in [0.2, 0.25) is 0 Å². The summed E-state index contributed by atoms with van der Waals surface area (Å²) in [4.78, 5) is 15.2. The average Bonchev–Trinajstić information content (AvgIpc) is 3.06. The molecule has 0 radical (unpaired) electrons. The number of carboxylic acid groups (broad SMARTS) is 1. The summed E-state index contributed by atoms with van der Waals surface area (Å²) < 4.78 is 5.55. The van der Waals surface area contributed by atoms with Gasteiger partial charge in [0.2, 0.25) is 0 Å². The Balaban J connectivity index is 1.78. The highest BCUT2D eigenvalue weighted by atomic mass is 16.4. The molecule has 1 unspecified atom stereocenters. The minimum atomic E-state index is -0.963. The van der Waals surface area contributed by atoms with E-state index >= 15 is 0 Å². The minimum Gasteiger partial charge on any atom is -0.478 e. The van der Waals surface area contributed by atoms with E-state index in [2.05, 4.69) is 17.2 Å². The molecule has 3 rings (SSSR count).